The molecule has 8 rings (SSSR count). The molecular weight excluding hydrogens is 906 g/mol. The van der Waals surface area contributed by atoms with Gasteiger partial charge in [-0.3, -0.25) is 44.8 Å². The molecule has 2 aliphatic carbocycles. The zero-order chi connectivity index (χ0) is 47.2. The Morgan fingerprint density at radius 3 is 2.03 bits per heavy atom. The maximum atomic E-state index is 15.6. The molecule has 4 aromatic rings. The number of anilines is 3. The number of carbonyl (C=O) groups excluding carboxylic acids is 4. The van der Waals surface area contributed by atoms with Crippen molar-refractivity contribution in [3.05, 3.63) is 119 Å². The van der Waals surface area contributed by atoms with Gasteiger partial charge in [-0.25, -0.2) is 9.88 Å². The van der Waals surface area contributed by atoms with Gasteiger partial charge in [-0.05, 0) is 42.5 Å². The number of hydrazine groups is 1. The van der Waals surface area contributed by atoms with Gasteiger partial charge in [0.25, 0.3) is 11.8 Å². The van der Waals surface area contributed by atoms with Gasteiger partial charge in [-0.1, -0.05) is 47.0 Å². The summed E-state index contributed by atoms with van der Waals surface area (Å²) in [5.74, 6) is -10.9. The fourth-order valence-electron chi connectivity index (χ4n) is 10.0. The van der Waals surface area contributed by atoms with Crippen LogP contribution >= 0.6 is 23.2 Å². The maximum Gasteiger partial charge on any atom is 0.417 e. The minimum absolute atomic E-state index is 0.0298. The Morgan fingerprint density at radius 1 is 0.908 bits per heavy atom. The average Bonchev–Trinajstić information content (AvgIpc) is 3.63. The first-order chi connectivity index (χ1) is 30.7. The molecule has 338 valence electrons. The van der Waals surface area contributed by atoms with Crippen LogP contribution in [0.4, 0.5) is 41.7 Å². The third-order valence-corrected chi connectivity index (χ3v) is 13.1. The molecule has 23 heteroatoms. The van der Waals surface area contributed by atoms with Crippen LogP contribution in [0.1, 0.15) is 35.4 Å². The molecule has 1 aromatic heterocycles. The number of ether oxygens (including phenoxy) is 2. The van der Waals surface area contributed by atoms with E-state index in [9.17, 15) is 48.1 Å². The largest absolute Gasteiger partial charge is 0.508 e. The molecule has 2 N–H and O–H groups in total. The number of alkyl halides is 3. The minimum Gasteiger partial charge on any atom is -0.508 e. The van der Waals surface area contributed by atoms with Crippen molar-refractivity contribution in [1.82, 2.24) is 9.99 Å². The number of nitro benzene ring substituents is 2. The number of amides is 4. The predicted octanol–water partition coefficient (Wildman–Crippen LogP) is 7.20. The van der Waals surface area contributed by atoms with Gasteiger partial charge in [0, 0.05) is 61.1 Å². The van der Waals surface area contributed by atoms with Crippen LogP contribution in [-0.4, -0.2) is 76.9 Å². The van der Waals surface area contributed by atoms with Crippen molar-refractivity contribution < 1.29 is 56.8 Å². The summed E-state index contributed by atoms with van der Waals surface area (Å²) in [7, 11) is 5.26. The maximum absolute atomic E-state index is 15.6. The highest BCUT2D eigenvalue weighted by molar-refractivity contribution is 6.33. The summed E-state index contributed by atoms with van der Waals surface area (Å²) in [6.07, 6.45) is -3.21. The van der Waals surface area contributed by atoms with Crippen LogP contribution in [0.15, 0.2) is 72.4 Å². The third kappa shape index (κ3) is 6.82. The molecule has 3 heterocycles. The number of halogens is 5. The number of pyridine rings is 1. The Labute approximate surface area is 375 Å². The van der Waals surface area contributed by atoms with Gasteiger partial charge >= 0.3 is 17.6 Å². The predicted molar refractivity (Wildman–Crippen MR) is 225 cm³/mol. The average molecular weight is 941 g/mol. The zero-order valence-corrected chi connectivity index (χ0v) is 35.8. The number of aromatic nitrogens is 1. The van der Waals surface area contributed by atoms with Crippen LogP contribution in [0.5, 0.6) is 17.2 Å². The number of carbonyl (C=O) groups is 4. The van der Waals surface area contributed by atoms with E-state index in [1.807, 2.05) is 0 Å². The molecule has 6 unspecified atom stereocenters. The summed E-state index contributed by atoms with van der Waals surface area (Å²) in [5.41, 5.74) is -2.36. The minimum atomic E-state index is -4.84. The monoisotopic (exact) mass is 939 g/mol. The number of allylic oxidation sites excluding steroid dienone is 2. The quantitative estimate of drug-likeness (QED) is 0.0694. The number of phenolic OH excluding ortho intramolecular Hbond substituents is 1. The molecule has 4 amide bonds. The second kappa shape index (κ2) is 15.9. The van der Waals surface area contributed by atoms with Crippen molar-refractivity contribution in [3.63, 3.8) is 0 Å². The van der Waals surface area contributed by atoms with E-state index in [0.29, 0.717) is 27.7 Å². The lowest BCUT2D eigenvalue weighted by molar-refractivity contribution is -0.392. The summed E-state index contributed by atoms with van der Waals surface area (Å²) >= 11 is 12.6. The number of fused-ring (bicyclic) bond motifs is 4. The van der Waals surface area contributed by atoms with Crippen LogP contribution < -0.4 is 24.7 Å². The lowest BCUT2D eigenvalue weighted by atomic mass is 9.49. The second-order valence-corrected chi connectivity index (χ2v) is 16.8. The van der Waals surface area contributed by atoms with Crippen molar-refractivity contribution in [2.75, 3.05) is 43.5 Å². The molecule has 2 aliphatic heterocycles. The van der Waals surface area contributed by atoms with Crippen LogP contribution in [0.3, 0.4) is 0 Å². The Kier molecular flexibility index (Phi) is 10.9. The number of rotatable bonds is 10. The number of nitrogens with zero attached hydrogens (tertiary/aromatic N) is 6. The number of methoxy groups -OCH3 is 2. The highest BCUT2D eigenvalue weighted by Crippen LogP contribution is 2.66. The number of hydrogen-bond donors (Lipinski definition) is 2. The SMILES string of the molecule is COc1cc(O)cc(OC)c1C1C2=CCC3C(=O)N(c4cc([N+](=O)[O-])c(N(C)C)c([N+](=O)[O-])c4)C(=O)C3C2CC2C(=O)N(Nc3ncc(C(F)(F)F)cc3Cl)C(=O)C21c1ccc(Cl)cc1. The summed E-state index contributed by atoms with van der Waals surface area (Å²) in [6.45, 7) is 0. The van der Waals surface area contributed by atoms with Gasteiger partial charge in [-0.2, -0.15) is 18.2 Å². The van der Waals surface area contributed by atoms with E-state index in [-0.39, 0.29) is 51.9 Å². The smallest absolute Gasteiger partial charge is 0.417 e. The molecule has 0 bridgehead atoms. The van der Waals surface area contributed by atoms with E-state index >= 15 is 9.59 Å². The van der Waals surface area contributed by atoms with Crippen LogP contribution in [-0.2, 0) is 30.8 Å². The summed E-state index contributed by atoms with van der Waals surface area (Å²) < 4.78 is 52.4. The van der Waals surface area contributed by atoms with Gasteiger partial charge in [0.2, 0.25) is 11.8 Å². The molecule has 6 atom stereocenters. The molecule has 3 fully saturated rings. The fourth-order valence-corrected chi connectivity index (χ4v) is 10.4. The second-order valence-electron chi connectivity index (χ2n) is 15.9. The van der Waals surface area contributed by atoms with Gasteiger partial charge in [-0.15, -0.1) is 0 Å². The van der Waals surface area contributed by atoms with Crippen LogP contribution in [0.2, 0.25) is 10.0 Å². The van der Waals surface area contributed by atoms with Crippen LogP contribution in [0.25, 0.3) is 0 Å². The number of phenols is 1. The van der Waals surface area contributed by atoms with Crippen molar-refractivity contribution in [1.29, 1.82) is 0 Å². The number of nitro groups is 2. The standard InChI is InChI=1S/C42H34Cl2F3N7O11/c1-50(2)35-28(53(60)61)12-21(13-29(35)54(62)63)51-37(56)24-10-9-23-25(32(24)39(51)58)16-26-38(57)52(49-36-27(44)11-19(17-48-36)42(45,46)47)40(59)41(26,18-5-7-20(43)8-6-18)34(23)33-30(64-3)14-22(55)15-31(33)65-4/h5-9,11-15,17,24-26,32,34,55H,10,16H2,1-4H3,(H,48,49). The van der Waals surface area contributed by atoms with Crippen molar-refractivity contribution in [2.24, 2.45) is 23.7 Å². The number of aromatic hydroxyl groups is 1. The Bertz CT molecular complexity index is 2730. The Hall–Kier alpha value is -7.00. The van der Waals surface area contributed by atoms with E-state index < -0.39 is 108 Å². The van der Waals surface area contributed by atoms with Gasteiger partial charge < -0.3 is 19.5 Å². The molecule has 4 aliphatic rings. The van der Waals surface area contributed by atoms with E-state index in [0.717, 1.165) is 17.0 Å². The third-order valence-electron chi connectivity index (χ3n) is 12.5. The van der Waals surface area contributed by atoms with Gasteiger partial charge in [0.15, 0.2) is 11.5 Å². The Balaban J connectivity index is 1.35. The van der Waals surface area contributed by atoms with Gasteiger partial charge in [0.1, 0.15) is 17.2 Å². The van der Waals surface area contributed by atoms with E-state index in [1.54, 1.807) is 6.08 Å². The van der Waals surface area contributed by atoms with Gasteiger partial charge in [0.05, 0.1) is 63.5 Å². The number of nitrogens with one attached hydrogen (secondary N) is 1. The highest BCUT2D eigenvalue weighted by Gasteiger charge is 2.71. The lowest BCUT2D eigenvalue weighted by Crippen LogP contribution is -2.53. The molecule has 1 saturated carbocycles. The normalized spacial score (nSPS) is 23.7. The topological polar surface area (TPSA) is 228 Å². The summed E-state index contributed by atoms with van der Waals surface area (Å²) in [6, 6.07) is 10.8. The summed E-state index contributed by atoms with van der Waals surface area (Å²) in [4.78, 5) is 88.6. The molecule has 0 spiro atoms. The van der Waals surface area contributed by atoms with Crippen molar-refractivity contribution >= 4 is 75.4 Å². The van der Waals surface area contributed by atoms with Crippen molar-refractivity contribution in [3.8, 4) is 17.2 Å². The number of hydrogen-bond acceptors (Lipinski definition) is 14. The molecule has 65 heavy (non-hydrogen) atoms. The number of benzene rings is 3. The number of imide groups is 2. The van der Waals surface area contributed by atoms with E-state index in [2.05, 4.69) is 10.4 Å². The highest BCUT2D eigenvalue weighted by atomic mass is 35.5. The first-order valence-electron chi connectivity index (χ1n) is 19.5. The molecule has 3 aromatic carbocycles. The van der Waals surface area contributed by atoms with Crippen molar-refractivity contribution in [2.45, 2.75) is 30.4 Å². The van der Waals surface area contributed by atoms with E-state index in [4.69, 9.17) is 32.7 Å². The lowest BCUT2D eigenvalue weighted by Gasteiger charge is -2.51. The molecular formula is C42H34Cl2F3N7O11. The fraction of sp³-hybridized carbons (Fsp3) is 0.310. The molecule has 2 saturated heterocycles. The Morgan fingerprint density at radius 2 is 1.51 bits per heavy atom. The molecule has 18 nitrogen and oxygen atoms in total. The zero-order valence-electron chi connectivity index (χ0n) is 34.3. The first kappa shape index (κ1) is 44.6. The first-order valence-corrected chi connectivity index (χ1v) is 20.2. The molecule has 0 radical (unpaired) electrons. The van der Waals surface area contributed by atoms with E-state index in [1.165, 1.54) is 64.7 Å². The summed E-state index contributed by atoms with van der Waals surface area (Å²) in [5, 5.41) is 35.6. The van der Waals surface area contributed by atoms with Crippen LogP contribution in [0, 0.1) is 43.9 Å².